The van der Waals surface area contributed by atoms with Crippen molar-refractivity contribution >= 4 is 11.7 Å². The number of rotatable bonds is 7. The summed E-state index contributed by atoms with van der Waals surface area (Å²) in [5.41, 5.74) is 2.74. The highest BCUT2D eigenvalue weighted by Gasteiger charge is 2.40. The van der Waals surface area contributed by atoms with Gasteiger partial charge in [-0.05, 0) is 37.3 Å². The van der Waals surface area contributed by atoms with Gasteiger partial charge in [-0.1, -0.05) is 12.1 Å². The van der Waals surface area contributed by atoms with Crippen LogP contribution in [0.15, 0.2) is 18.2 Å². The van der Waals surface area contributed by atoms with Crippen molar-refractivity contribution in [2.75, 3.05) is 11.9 Å². The molecule has 0 saturated carbocycles. The van der Waals surface area contributed by atoms with Crippen LogP contribution in [0.2, 0.25) is 0 Å². The highest BCUT2D eigenvalue weighted by Crippen LogP contribution is 2.39. The number of fused-ring (bicyclic) bond motifs is 1. The Morgan fingerprint density at radius 3 is 2.77 bits per heavy atom. The Hall–Kier alpha value is -1.71. The van der Waals surface area contributed by atoms with Gasteiger partial charge in [0.05, 0.1) is 6.04 Å². The van der Waals surface area contributed by atoms with Crippen molar-refractivity contribution in [2.45, 2.75) is 63.4 Å². The van der Waals surface area contributed by atoms with Crippen molar-refractivity contribution in [3.63, 3.8) is 0 Å². The minimum atomic E-state index is -0.893. The van der Waals surface area contributed by atoms with E-state index in [0.717, 1.165) is 23.2 Å². The second-order valence-corrected chi connectivity index (χ2v) is 6.97. The molecule has 0 aliphatic carbocycles. The number of unbranched alkanes of at least 4 members (excludes halogenated alkanes) is 1. The second kappa shape index (κ2) is 8.32. The Labute approximate surface area is 152 Å². The lowest BCUT2D eigenvalue weighted by Crippen LogP contribution is -2.56. The first kappa shape index (κ1) is 19.1. The molecular formula is C18H27N3O5. The summed E-state index contributed by atoms with van der Waals surface area (Å²) in [6, 6.07) is 5.44. The fraction of sp³-hybridized carbons (Fsp3) is 0.611. The van der Waals surface area contributed by atoms with E-state index in [-0.39, 0.29) is 12.5 Å². The maximum atomic E-state index is 10.7. The number of hydrogen-bond donors (Lipinski definition) is 6. The molecule has 6 N–H and O–H groups in total. The van der Waals surface area contributed by atoms with Gasteiger partial charge in [0.1, 0.15) is 18.7 Å². The van der Waals surface area contributed by atoms with E-state index in [1.54, 1.807) is 0 Å². The van der Waals surface area contributed by atoms with E-state index in [2.05, 4.69) is 10.6 Å². The number of benzene rings is 1. The summed E-state index contributed by atoms with van der Waals surface area (Å²) in [7, 11) is 0. The summed E-state index contributed by atoms with van der Waals surface area (Å²) in [6.45, 7) is 1.17. The lowest BCUT2D eigenvalue weighted by molar-refractivity contribution is -0.137. The van der Waals surface area contributed by atoms with Crippen molar-refractivity contribution in [3.05, 3.63) is 29.3 Å². The third-order valence-corrected chi connectivity index (χ3v) is 5.17. The molecule has 3 rings (SSSR count). The number of aliphatic carboxylic acids is 1. The molecule has 2 heterocycles. The molecule has 1 aromatic carbocycles. The molecule has 1 saturated heterocycles. The molecule has 1 aromatic rings. The summed E-state index contributed by atoms with van der Waals surface area (Å²) >= 11 is 0. The Balaban J connectivity index is 1.64. The molecule has 0 amide bonds. The SMILES string of the molecule is O=C(O)CCCCNc1cccc2c1CN(C1CCC(O)NC1O)C2O. The van der Waals surface area contributed by atoms with Crippen LogP contribution in [0, 0.1) is 0 Å². The first-order valence-corrected chi connectivity index (χ1v) is 9.11. The fourth-order valence-electron chi connectivity index (χ4n) is 3.78. The maximum Gasteiger partial charge on any atom is 0.303 e. The van der Waals surface area contributed by atoms with Gasteiger partial charge in [-0.2, -0.15) is 0 Å². The standard InChI is InChI=1S/C18H27N3O5/c22-15-8-7-14(17(25)20-15)21-10-12-11(18(21)26)4-3-5-13(12)19-9-2-1-6-16(23)24/h3-5,14-15,17-20,22,25-26H,1-2,6-10H2,(H,23,24). The first-order chi connectivity index (χ1) is 12.5. The molecule has 4 unspecified atom stereocenters. The molecule has 4 atom stereocenters. The predicted octanol–water partition coefficient (Wildman–Crippen LogP) is 0.549. The third-order valence-electron chi connectivity index (χ3n) is 5.17. The minimum absolute atomic E-state index is 0.166. The van der Waals surface area contributed by atoms with Crippen molar-refractivity contribution in [2.24, 2.45) is 0 Å². The van der Waals surface area contributed by atoms with Crippen molar-refractivity contribution < 1.29 is 25.2 Å². The summed E-state index contributed by atoms with van der Waals surface area (Å²) in [5, 5.41) is 45.3. The van der Waals surface area contributed by atoms with Gasteiger partial charge in [0.25, 0.3) is 0 Å². The van der Waals surface area contributed by atoms with Gasteiger partial charge in [-0.15, -0.1) is 0 Å². The molecule has 1 fully saturated rings. The fourth-order valence-corrected chi connectivity index (χ4v) is 3.78. The van der Waals surface area contributed by atoms with E-state index in [0.29, 0.717) is 32.4 Å². The first-order valence-electron chi connectivity index (χ1n) is 9.11. The lowest BCUT2D eigenvalue weighted by atomic mass is 10.0. The molecule has 2 aliphatic heterocycles. The van der Waals surface area contributed by atoms with E-state index < -0.39 is 24.7 Å². The van der Waals surface area contributed by atoms with E-state index in [1.807, 2.05) is 23.1 Å². The van der Waals surface area contributed by atoms with Crippen LogP contribution in [0.1, 0.15) is 49.5 Å². The predicted molar refractivity (Wildman–Crippen MR) is 95.1 cm³/mol. The Morgan fingerprint density at radius 1 is 1.23 bits per heavy atom. The van der Waals surface area contributed by atoms with Gasteiger partial charge in [-0.3, -0.25) is 15.0 Å². The van der Waals surface area contributed by atoms with Crippen LogP contribution >= 0.6 is 0 Å². The largest absolute Gasteiger partial charge is 0.481 e. The van der Waals surface area contributed by atoms with E-state index in [4.69, 9.17) is 5.11 Å². The van der Waals surface area contributed by atoms with Crippen molar-refractivity contribution in [1.82, 2.24) is 10.2 Å². The van der Waals surface area contributed by atoms with Gasteiger partial charge in [-0.25, -0.2) is 0 Å². The van der Waals surface area contributed by atoms with E-state index in [1.165, 1.54) is 0 Å². The highest BCUT2D eigenvalue weighted by atomic mass is 16.4. The Morgan fingerprint density at radius 2 is 2.04 bits per heavy atom. The molecule has 0 spiro atoms. The molecule has 0 aromatic heterocycles. The lowest BCUT2D eigenvalue weighted by Gasteiger charge is -2.39. The number of aliphatic hydroxyl groups is 3. The third kappa shape index (κ3) is 4.16. The Bertz CT molecular complexity index is 641. The summed E-state index contributed by atoms with van der Waals surface area (Å²) in [5.74, 6) is -0.783. The van der Waals surface area contributed by atoms with Gasteiger partial charge < -0.3 is 25.7 Å². The number of nitrogens with zero attached hydrogens (tertiary/aromatic N) is 1. The second-order valence-electron chi connectivity index (χ2n) is 6.97. The molecule has 0 radical (unpaired) electrons. The number of hydrogen-bond acceptors (Lipinski definition) is 7. The maximum absolute atomic E-state index is 10.7. The summed E-state index contributed by atoms with van der Waals surface area (Å²) in [6.07, 6.45) is 0.255. The highest BCUT2D eigenvalue weighted by molar-refractivity contribution is 5.66. The van der Waals surface area contributed by atoms with Crippen LogP contribution in [-0.2, 0) is 11.3 Å². The smallest absolute Gasteiger partial charge is 0.303 e. The quantitative estimate of drug-likeness (QED) is 0.387. The van der Waals surface area contributed by atoms with Gasteiger partial charge in [0.15, 0.2) is 0 Å². The number of carboxylic acid groups (broad SMARTS) is 1. The Kier molecular flexibility index (Phi) is 6.10. The van der Waals surface area contributed by atoms with Crippen LogP contribution in [0.25, 0.3) is 0 Å². The average molecular weight is 365 g/mol. The van der Waals surface area contributed by atoms with Crippen LogP contribution < -0.4 is 10.6 Å². The minimum Gasteiger partial charge on any atom is -0.481 e. The normalized spacial score (nSPS) is 28.7. The molecule has 8 nitrogen and oxygen atoms in total. The summed E-state index contributed by atoms with van der Waals surface area (Å²) < 4.78 is 0. The number of piperidine rings is 1. The zero-order valence-corrected chi connectivity index (χ0v) is 14.6. The van der Waals surface area contributed by atoms with E-state index in [9.17, 15) is 20.1 Å². The summed E-state index contributed by atoms with van der Waals surface area (Å²) in [4.78, 5) is 12.4. The molecule has 26 heavy (non-hydrogen) atoms. The van der Waals surface area contributed by atoms with Gasteiger partial charge >= 0.3 is 5.97 Å². The van der Waals surface area contributed by atoms with Crippen molar-refractivity contribution in [3.8, 4) is 0 Å². The van der Waals surface area contributed by atoms with Crippen LogP contribution in [0.3, 0.4) is 0 Å². The number of aliphatic hydroxyl groups excluding tert-OH is 3. The van der Waals surface area contributed by atoms with Crippen LogP contribution in [-0.4, -0.2) is 56.3 Å². The van der Waals surface area contributed by atoms with Crippen molar-refractivity contribution in [1.29, 1.82) is 0 Å². The molecule has 0 bridgehead atoms. The number of carbonyl (C=O) groups is 1. The zero-order chi connectivity index (χ0) is 18.7. The number of anilines is 1. The number of carboxylic acids is 1. The molecular weight excluding hydrogens is 338 g/mol. The monoisotopic (exact) mass is 365 g/mol. The van der Waals surface area contributed by atoms with Crippen LogP contribution in [0.5, 0.6) is 0 Å². The average Bonchev–Trinajstić information content (AvgIpc) is 2.92. The molecule has 8 heteroatoms. The molecule has 2 aliphatic rings. The zero-order valence-electron chi connectivity index (χ0n) is 14.6. The number of nitrogens with one attached hydrogen (secondary N) is 2. The van der Waals surface area contributed by atoms with Gasteiger partial charge in [0.2, 0.25) is 0 Å². The topological polar surface area (TPSA) is 125 Å². The van der Waals surface area contributed by atoms with Crippen LogP contribution in [0.4, 0.5) is 5.69 Å². The van der Waals surface area contributed by atoms with Gasteiger partial charge in [0, 0.05) is 30.8 Å². The molecule has 144 valence electrons. The van der Waals surface area contributed by atoms with E-state index >= 15 is 0 Å².